The summed E-state index contributed by atoms with van der Waals surface area (Å²) in [5.41, 5.74) is 11.3. The number of rotatable bonds is 2. The van der Waals surface area contributed by atoms with Gasteiger partial charge in [0.05, 0.1) is 0 Å². The van der Waals surface area contributed by atoms with Gasteiger partial charge in [0.25, 0.3) is 0 Å². The Hall–Kier alpha value is -2.48. The average molecular weight is 628 g/mol. The van der Waals surface area contributed by atoms with E-state index in [4.69, 9.17) is 0 Å². The second kappa shape index (κ2) is 15.8. The van der Waals surface area contributed by atoms with Crippen LogP contribution in [-0.4, -0.2) is 3.81 Å². The average Bonchev–Trinajstić information content (AvgIpc) is 3.64. The van der Waals surface area contributed by atoms with E-state index in [0.29, 0.717) is 0 Å². The van der Waals surface area contributed by atoms with Crippen LogP contribution in [0.1, 0.15) is 81.3 Å². The minimum absolute atomic E-state index is 0. The molecule has 0 radical (unpaired) electrons. The molecule has 42 heavy (non-hydrogen) atoms. The molecule has 0 fully saturated rings. The van der Waals surface area contributed by atoms with Gasteiger partial charge in [-0.25, -0.2) is 12.2 Å². The maximum absolute atomic E-state index is 3.53. The summed E-state index contributed by atoms with van der Waals surface area (Å²) in [5, 5.41) is 0. The Balaban J connectivity index is 0.000000253. The Kier molecular flexibility index (Phi) is 13.5. The van der Waals surface area contributed by atoms with Gasteiger partial charge >= 0.3 is 95.6 Å². The first-order valence-electron chi connectivity index (χ1n) is 14.1. The predicted octanol–water partition coefficient (Wildman–Crippen LogP) is 3.77. The first-order chi connectivity index (χ1) is 19.0. The molecule has 0 atom stereocenters. The van der Waals surface area contributed by atoms with Crippen molar-refractivity contribution in [3.63, 3.8) is 0 Å². The zero-order valence-corrected chi connectivity index (χ0v) is 28.6. The van der Waals surface area contributed by atoms with E-state index < -0.39 is 0 Å². The van der Waals surface area contributed by atoms with Crippen LogP contribution in [0.2, 0.25) is 0 Å². The van der Waals surface area contributed by atoms with Crippen molar-refractivity contribution in [2.45, 2.75) is 65.2 Å². The summed E-state index contributed by atoms with van der Waals surface area (Å²) in [5.74, 6) is 0. The van der Waals surface area contributed by atoms with E-state index in [1.54, 1.807) is 0 Å². The van der Waals surface area contributed by atoms with Crippen molar-refractivity contribution in [2.24, 2.45) is 0 Å². The molecule has 4 aromatic rings. The van der Waals surface area contributed by atoms with Crippen LogP contribution in [0.25, 0.3) is 11.1 Å². The van der Waals surface area contributed by atoms with E-state index in [2.05, 4.69) is 159 Å². The molecule has 0 unspecified atom stereocenters. The molecule has 0 aromatic heterocycles. The van der Waals surface area contributed by atoms with Crippen molar-refractivity contribution in [1.29, 1.82) is 0 Å². The summed E-state index contributed by atoms with van der Waals surface area (Å²) in [6.07, 6.45) is 11.0. The number of benzene rings is 4. The SMILES string of the molecule is CC(C)(C)c1c[c-]c2c(c1)-c1cc(C(C)(C)C)ccc1C2.[C-]1=CC=CC1.[Cl-].[Cl-].[Ti+2]=[C](c1ccccc1)c1ccccc1. The molecule has 0 N–H and O–H groups in total. The molecule has 0 saturated carbocycles. The van der Waals surface area contributed by atoms with Crippen molar-refractivity contribution in [3.05, 3.63) is 155 Å². The van der Waals surface area contributed by atoms with Crippen LogP contribution in [0.4, 0.5) is 0 Å². The fraction of sp³-hybridized carbons (Fsp3) is 0.256. The van der Waals surface area contributed by atoms with Gasteiger partial charge in [-0.15, -0.1) is 12.0 Å². The fourth-order valence-electron chi connectivity index (χ4n) is 4.70. The summed E-state index contributed by atoms with van der Waals surface area (Å²) < 4.78 is 1.33. The molecule has 0 aliphatic heterocycles. The van der Waals surface area contributed by atoms with Crippen LogP contribution in [0.15, 0.2) is 109 Å². The molecule has 2 aliphatic carbocycles. The van der Waals surface area contributed by atoms with Crippen molar-refractivity contribution in [1.82, 2.24) is 0 Å². The van der Waals surface area contributed by atoms with Gasteiger partial charge in [0.15, 0.2) is 0 Å². The van der Waals surface area contributed by atoms with Crippen LogP contribution in [0.3, 0.4) is 0 Å². The zero-order valence-electron chi connectivity index (χ0n) is 25.6. The van der Waals surface area contributed by atoms with E-state index in [0.717, 1.165) is 12.8 Å². The molecule has 0 saturated heterocycles. The Morgan fingerprint density at radius 2 is 1.24 bits per heavy atom. The van der Waals surface area contributed by atoms with Gasteiger partial charge in [0.2, 0.25) is 0 Å². The van der Waals surface area contributed by atoms with E-state index in [9.17, 15) is 0 Å². The van der Waals surface area contributed by atoms with E-state index >= 15 is 0 Å². The standard InChI is InChI=1S/C21H25.C13H10.C5H5.2ClH.Ti/c1-20(2,3)16-9-7-14-11-15-8-10-17(21(4,5)6)13-19(15)18(14)12-16;1-3-7-12(8-4-1)11-13-9-5-2-6-10-13;1-2-4-5-3-1;;;/h7,9-10,12-13H,11H2,1-6H3;1-10H;1-3H,4H2;2*1H;/q-1;;-1;;;+2/p-2. The summed E-state index contributed by atoms with van der Waals surface area (Å²) >= 11 is 2.16. The quantitative estimate of drug-likeness (QED) is 0.207. The van der Waals surface area contributed by atoms with E-state index in [-0.39, 0.29) is 35.6 Å². The summed E-state index contributed by atoms with van der Waals surface area (Å²) in [6, 6.07) is 36.0. The van der Waals surface area contributed by atoms with Crippen molar-refractivity contribution in [2.75, 3.05) is 0 Å². The second-order valence-electron chi connectivity index (χ2n) is 12.4. The first kappa shape index (κ1) is 35.7. The Labute approximate surface area is 278 Å². The molecule has 0 spiro atoms. The number of hydrogen-bond acceptors (Lipinski definition) is 0. The van der Waals surface area contributed by atoms with Gasteiger partial charge in [-0.3, -0.25) is 6.08 Å². The monoisotopic (exact) mass is 626 g/mol. The normalized spacial score (nSPS) is 12.4. The molecule has 0 heterocycles. The van der Waals surface area contributed by atoms with Crippen LogP contribution < -0.4 is 24.8 Å². The maximum atomic E-state index is 3.53. The molecule has 0 bridgehead atoms. The number of fused-ring (bicyclic) bond motifs is 3. The number of allylic oxidation sites excluding steroid dienone is 4. The summed E-state index contributed by atoms with van der Waals surface area (Å²) in [6.45, 7) is 13.6. The van der Waals surface area contributed by atoms with Crippen molar-refractivity contribution < 1.29 is 44.8 Å². The molecule has 2 aliphatic rings. The summed E-state index contributed by atoms with van der Waals surface area (Å²) in [4.78, 5) is 0. The number of halogens is 2. The number of hydrogen-bond donors (Lipinski definition) is 0. The third kappa shape index (κ3) is 9.52. The third-order valence-electron chi connectivity index (χ3n) is 7.24. The van der Waals surface area contributed by atoms with Crippen molar-refractivity contribution in [3.8, 4) is 11.1 Å². The molecule has 3 heteroatoms. The molecule has 0 amide bonds. The molecular weight excluding hydrogens is 587 g/mol. The van der Waals surface area contributed by atoms with Gasteiger partial charge in [0.1, 0.15) is 0 Å². The first-order valence-corrected chi connectivity index (χ1v) is 14.9. The Morgan fingerprint density at radius 1 is 0.690 bits per heavy atom. The Bertz CT molecular complexity index is 1390. The van der Waals surface area contributed by atoms with E-state index in [1.165, 1.54) is 48.3 Å². The molecule has 6 rings (SSSR count). The molecule has 216 valence electrons. The molecular formula is C39H40Cl2Ti-2. The predicted molar refractivity (Wildman–Crippen MR) is 169 cm³/mol. The van der Waals surface area contributed by atoms with Crippen LogP contribution in [0.5, 0.6) is 0 Å². The third-order valence-corrected chi connectivity index (χ3v) is 8.14. The van der Waals surface area contributed by atoms with Gasteiger partial charge < -0.3 is 24.8 Å². The second-order valence-corrected chi connectivity index (χ2v) is 13.2. The summed E-state index contributed by atoms with van der Waals surface area (Å²) in [7, 11) is 0. The minimum atomic E-state index is 0. The van der Waals surface area contributed by atoms with Gasteiger partial charge in [-0.05, 0) is 17.4 Å². The van der Waals surface area contributed by atoms with Crippen LogP contribution in [-0.2, 0) is 37.2 Å². The van der Waals surface area contributed by atoms with E-state index in [1.807, 2.05) is 24.3 Å². The van der Waals surface area contributed by atoms with Crippen LogP contribution >= 0.6 is 0 Å². The van der Waals surface area contributed by atoms with Crippen molar-refractivity contribution >= 4 is 3.81 Å². The van der Waals surface area contributed by atoms with Gasteiger partial charge in [-0.1, -0.05) is 76.3 Å². The zero-order chi connectivity index (χ0) is 28.8. The van der Waals surface area contributed by atoms with Gasteiger partial charge in [-0.2, -0.15) is 35.4 Å². The molecule has 4 aromatic carbocycles. The fourth-order valence-corrected chi connectivity index (χ4v) is 5.22. The Morgan fingerprint density at radius 3 is 1.69 bits per heavy atom. The molecule has 0 nitrogen and oxygen atoms in total. The topological polar surface area (TPSA) is 0 Å². The van der Waals surface area contributed by atoms with Gasteiger partial charge in [0, 0.05) is 0 Å². The van der Waals surface area contributed by atoms with Crippen LogP contribution in [0, 0.1) is 12.1 Å².